The van der Waals surface area contributed by atoms with Gasteiger partial charge < -0.3 is 9.84 Å². The molecule has 1 aromatic carbocycles. The summed E-state index contributed by atoms with van der Waals surface area (Å²) >= 11 is 0. The number of carboxylic acids is 1. The molecule has 0 radical (unpaired) electrons. The zero-order valence-corrected chi connectivity index (χ0v) is 21.5. The fourth-order valence-electron chi connectivity index (χ4n) is 3.76. The molecule has 0 fully saturated rings. The maximum Gasteiger partial charge on any atom is 0.338 e. The number of aromatic nitrogens is 2. The number of sulfonamides is 1. The highest BCUT2D eigenvalue weighted by atomic mass is 32.2. The van der Waals surface area contributed by atoms with Crippen LogP contribution in [0.2, 0.25) is 0 Å². The normalized spacial score (nSPS) is 12.8. The zero-order chi connectivity index (χ0) is 25.9. The highest BCUT2D eigenvalue weighted by molar-refractivity contribution is 7.92. The van der Waals surface area contributed by atoms with Gasteiger partial charge in [0.1, 0.15) is 5.60 Å². The van der Waals surface area contributed by atoms with Crippen LogP contribution < -0.4 is 4.72 Å². The van der Waals surface area contributed by atoms with Gasteiger partial charge in [-0.15, -0.1) is 0 Å². The summed E-state index contributed by atoms with van der Waals surface area (Å²) in [4.78, 5) is 31.0. The lowest BCUT2D eigenvalue weighted by Gasteiger charge is -2.35. The maximum absolute atomic E-state index is 12.6. The number of nitrogens with one attached hydrogen (secondary N) is 1. The Balaban J connectivity index is 2.09. The number of carboxylic acid groups (broad SMARTS) is 1. The SMILES string of the molecule is CC(C)(Cc1ccc(S(=O)(=O)Nc2ncc(C(=O)O)cn2)cc1)CC(C)(C)C(=O)OC(C)(C)C. The molecule has 10 heteroatoms. The van der Waals surface area contributed by atoms with E-state index in [4.69, 9.17) is 9.84 Å². The molecule has 0 spiro atoms. The molecule has 0 saturated carbocycles. The third kappa shape index (κ3) is 7.79. The van der Waals surface area contributed by atoms with Crippen LogP contribution in [0.4, 0.5) is 5.95 Å². The Morgan fingerprint density at radius 2 is 1.50 bits per heavy atom. The fraction of sp³-hybridized carbons (Fsp3) is 0.500. The second-order valence-electron chi connectivity index (χ2n) is 10.8. The molecule has 0 atom stereocenters. The minimum atomic E-state index is -3.95. The van der Waals surface area contributed by atoms with Gasteiger partial charge in [0.15, 0.2) is 0 Å². The van der Waals surface area contributed by atoms with Crippen LogP contribution in [0.3, 0.4) is 0 Å². The number of carbonyl (C=O) groups is 2. The van der Waals surface area contributed by atoms with E-state index in [1.165, 1.54) is 12.1 Å². The lowest BCUT2D eigenvalue weighted by Crippen LogP contribution is -2.37. The molecule has 2 rings (SSSR count). The number of ether oxygens (including phenoxy) is 1. The number of aromatic carboxylic acids is 1. The van der Waals surface area contributed by atoms with Gasteiger partial charge in [-0.1, -0.05) is 26.0 Å². The van der Waals surface area contributed by atoms with Crippen LogP contribution in [0.5, 0.6) is 0 Å². The zero-order valence-electron chi connectivity index (χ0n) is 20.7. The lowest BCUT2D eigenvalue weighted by atomic mass is 9.72. The average Bonchev–Trinajstić information content (AvgIpc) is 2.66. The quantitative estimate of drug-likeness (QED) is 0.496. The van der Waals surface area contributed by atoms with Crippen LogP contribution in [-0.2, 0) is 26.0 Å². The van der Waals surface area contributed by atoms with Gasteiger partial charge in [-0.3, -0.25) is 4.79 Å². The predicted molar refractivity (Wildman–Crippen MR) is 128 cm³/mol. The van der Waals surface area contributed by atoms with Gasteiger partial charge in [0.25, 0.3) is 10.0 Å². The summed E-state index contributed by atoms with van der Waals surface area (Å²) in [5, 5.41) is 8.89. The molecule has 0 aliphatic carbocycles. The van der Waals surface area contributed by atoms with E-state index in [9.17, 15) is 18.0 Å². The summed E-state index contributed by atoms with van der Waals surface area (Å²) in [6, 6.07) is 6.42. The molecule has 0 aliphatic rings. The monoisotopic (exact) mass is 491 g/mol. The summed E-state index contributed by atoms with van der Waals surface area (Å²) in [6.07, 6.45) is 3.27. The number of benzene rings is 1. The van der Waals surface area contributed by atoms with E-state index in [1.54, 1.807) is 12.1 Å². The smallest absolute Gasteiger partial charge is 0.338 e. The molecule has 2 N–H and O–H groups in total. The van der Waals surface area contributed by atoms with Crippen LogP contribution in [0.15, 0.2) is 41.6 Å². The first-order valence-electron chi connectivity index (χ1n) is 10.8. The molecule has 0 unspecified atom stereocenters. The summed E-state index contributed by atoms with van der Waals surface area (Å²) in [5.74, 6) is -1.68. The van der Waals surface area contributed by atoms with Gasteiger partial charge in [0, 0.05) is 12.4 Å². The molecule has 186 valence electrons. The summed E-state index contributed by atoms with van der Waals surface area (Å²) in [6.45, 7) is 13.4. The first kappa shape index (κ1) is 27.2. The highest BCUT2D eigenvalue weighted by Gasteiger charge is 2.37. The number of esters is 1. The van der Waals surface area contributed by atoms with Gasteiger partial charge in [0.2, 0.25) is 5.95 Å². The lowest BCUT2D eigenvalue weighted by molar-refractivity contribution is -0.167. The van der Waals surface area contributed by atoms with Crippen molar-refractivity contribution < 1.29 is 27.9 Å². The topological polar surface area (TPSA) is 136 Å². The number of anilines is 1. The van der Waals surface area contributed by atoms with E-state index in [0.29, 0.717) is 12.8 Å². The number of hydrogen-bond acceptors (Lipinski definition) is 7. The van der Waals surface area contributed by atoms with E-state index >= 15 is 0 Å². The second kappa shape index (κ2) is 9.69. The molecule has 0 bridgehead atoms. The average molecular weight is 492 g/mol. The number of nitrogens with zero attached hydrogens (tertiary/aromatic N) is 2. The van der Waals surface area contributed by atoms with Crippen molar-refractivity contribution in [3.8, 4) is 0 Å². The largest absolute Gasteiger partial charge is 0.478 e. The maximum atomic E-state index is 12.6. The third-order valence-corrected chi connectivity index (χ3v) is 6.26. The van der Waals surface area contributed by atoms with E-state index in [-0.39, 0.29) is 27.8 Å². The molecule has 0 amide bonds. The Hall–Kier alpha value is -3.01. The van der Waals surface area contributed by atoms with Crippen LogP contribution in [0.1, 0.15) is 70.8 Å². The summed E-state index contributed by atoms with van der Waals surface area (Å²) in [7, 11) is -3.95. The molecule has 0 saturated heterocycles. The van der Waals surface area contributed by atoms with E-state index in [0.717, 1.165) is 18.0 Å². The third-order valence-electron chi connectivity index (χ3n) is 4.91. The van der Waals surface area contributed by atoms with Crippen molar-refractivity contribution in [1.82, 2.24) is 9.97 Å². The molecular formula is C24H33N3O6S. The number of hydrogen-bond donors (Lipinski definition) is 2. The molecule has 1 aromatic heterocycles. The Morgan fingerprint density at radius 3 is 1.97 bits per heavy atom. The molecule has 9 nitrogen and oxygen atoms in total. The van der Waals surface area contributed by atoms with Crippen molar-refractivity contribution in [1.29, 1.82) is 0 Å². The van der Waals surface area contributed by atoms with Crippen LogP contribution in [-0.4, -0.2) is 41.0 Å². The van der Waals surface area contributed by atoms with Gasteiger partial charge >= 0.3 is 11.9 Å². The highest BCUT2D eigenvalue weighted by Crippen LogP contribution is 2.38. The van der Waals surface area contributed by atoms with Crippen molar-refractivity contribution in [3.05, 3.63) is 47.8 Å². The van der Waals surface area contributed by atoms with Gasteiger partial charge in [-0.2, -0.15) is 0 Å². The Kier molecular flexibility index (Phi) is 7.77. The molecule has 34 heavy (non-hydrogen) atoms. The van der Waals surface area contributed by atoms with Gasteiger partial charge in [-0.25, -0.2) is 27.9 Å². The Morgan fingerprint density at radius 1 is 0.971 bits per heavy atom. The minimum absolute atomic E-state index is 0.0223. The molecule has 0 aliphatic heterocycles. The summed E-state index contributed by atoms with van der Waals surface area (Å²) < 4.78 is 33.1. The van der Waals surface area contributed by atoms with E-state index in [1.807, 2.05) is 34.6 Å². The summed E-state index contributed by atoms with van der Waals surface area (Å²) in [5.41, 5.74) is -0.716. The van der Waals surface area contributed by atoms with Crippen molar-refractivity contribution in [2.45, 2.75) is 71.8 Å². The minimum Gasteiger partial charge on any atom is -0.478 e. The Labute approximate surface area is 201 Å². The first-order valence-corrected chi connectivity index (χ1v) is 12.3. The Bertz CT molecular complexity index is 1130. The molecule has 2 aromatic rings. The first-order chi connectivity index (χ1) is 15.4. The van der Waals surface area contributed by atoms with Crippen molar-refractivity contribution >= 4 is 27.9 Å². The molecular weight excluding hydrogens is 458 g/mol. The van der Waals surface area contributed by atoms with Crippen molar-refractivity contribution in [2.75, 3.05) is 4.72 Å². The van der Waals surface area contributed by atoms with Gasteiger partial charge in [0.05, 0.1) is 15.9 Å². The fourth-order valence-corrected chi connectivity index (χ4v) is 4.71. The predicted octanol–water partition coefficient (Wildman–Crippen LogP) is 4.30. The van der Waals surface area contributed by atoms with E-state index < -0.39 is 27.0 Å². The van der Waals surface area contributed by atoms with Crippen molar-refractivity contribution in [2.24, 2.45) is 10.8 Å². The van der Waals surface area contributed by atoms with Crippen LogP contribution in [0, 0.1) is 10.8 Å². The second-order valence-corrected chi connectivity index (χ2v) is 12.4. The standard InChI is InChI=1S/C24H33N3O6S/c1-22(2,3)33-20(30)24(6,7)15-23(4,5)12-16-8-10-18(11-9-16)34(31,32)27-21-25-13-17(14-26-21)19(28)29/h8-11,13-14H,12,15H2,1-7H3,(H,28,29)(H,25,26,27). The number of rotatable bonds is 9. The number of carbonyl (C=O) groups excluding carboxylic acids is 1. The van der Waals surface area contributed by atoms with Crippen LogP contribution >= 0.6 is 0 Å². The van der Waals surface area contributed by atoms with Crippen LogP contribution in [0.25, 0.3) is 0 Å². The van der Waals surface area contributed by atoms with E-state index in [2.05, 4.69) is 28.5 Å². The van der Waals surface area contributed by atoms with Gasteiger partial charge in [-0.05, 0) is 70.6 Å². The molecule has 1 heterocycles. The van der Waals surface area contributed by atoms with Crippen molar-refractivity contribution in [3.63, 3.8) is 0 Å².